The number of nitrogens with two attached hydrogens (primary N) is 1. The number of benzene rings is 7. The maximum atomic E-state index is 7.42. The molecule has 0 aliphatic heterocycles. The zero-order valence-corrected chi connectivity index (χ0v) is 41.1. The maximum Gasteiger partial charge on any atom is 0.130 e. The molecule has 7 aromatic carbocycles. The highest BCUT2D eigenvalue weighted by molar-refractivity contribution is 6.07. The van der Waals surface area contributed by atoms with Crippen molar-refractivity contribution in [3.63, 3.8) is 0 Å². The molecule has 4 unspecified atom stereocenters. The fourth-order valence-electron chi connectivity index (χ4n) is 12.8. The van der Waals surface area contributed by atoms with Gasteiger partial charge in [0, 0.05) is 29.2 Å². The highest BCUT2D eigenvalue weighted by atomic mass is 16.3. The summed E-state index contributed by atoms with van der Waals surface area (Å²) in [6, 6.07) is 52.3. The average Bonchev–Trinajstić information content (AvgIpc) is 3.70. The van der Waals surface area contributed by atoms with E-state index in [1.807, 2.05) is 0 Å². The van der Waals surface area contributed by atoms with Crippen molar-refractivity contribution in [2.24, 2.45) is 22.6 Å². The summed E-state index contributed by atoms with van der Waals surface area (Å²) < 4.78 is 7.42. The summed E-state index contributed by atoms with van der Waals surface area (Å²) in [6.07, 6.45) is 20.0. The molecule has 70 heavy (non-hydrogen) atoms. The molecule has 4 aliphatic carbocycles. The van der Waals surface area contributed by atoms with Gasteiger partial charge in [0.15, 0.2) is 0 Å². The quantitative estimate of drug-likeness (QED) is 0.0543. The van der Waals surface area contributed by atoms with E-state index in [0.717, 1.165) is 73.6 Å². The predicted molar refractivity (Wildman–Crippen MR) is 295 cm³/mol. The molecule has 5 atom stereocenters. The molecule has 4 aliphatic rings. The first-order valence-corrected chi connectivity index (χ1v) is 26.3. The third-order valence-corrected chi connectivity index (χ3v) is 16.8. The number of rotatable bonds is 8. The Morgan fingerprint density at radius 3 is 2.23 bits per heavy atom. The van der Waals surface area contributed by atoms with Gasteiger partial charge in [0.25, 0.3) is 0 Å². The molecule has 3 heteroatoms. The monoisotopic (exact) mass is 913 g/mol. The van der Waals surface area contributed by atoms with Crippen LogP contribution in [0.3, 0.4) is 0 Å². The first-order valence-electron chi connectivity index (χ1n) is 26.3. The molecule has 2 N–H and O–H groups in total. The first kappa shape index (κ1) is 44.3. The molecule has 0 amide bonds. The number of nitrogens with zero attached hydrogens (tertiary/aromatic N) is 1. The highest BCUT2D eigenvalue weighted by Crippen LogP contribution is 2.52. The molecule has 0 saturated heterocycles. The van der Waals surface area contributed by atoms with Gasteiger partial charge in [-0.2, -0.15) is 0 Å². The summed E-state index contributed by atoms with van der Waals surface area (Å²) in [4.78, 5) is 5.55. The SMILES string of the molecule is CC(=C=C(N=C(N)C1CCCCC1)C1CC=Cc2oc3c(c21)CC(c1ccc2ccc4c(c2c1)CCC=C4)CC(C)C3c1ccc2ccc3ccccc3c2c1)[C@@H](C)c1ccc(-c2ccccc2)cc1. The normalized spacial score (nSPS) is 20.6. The Morgan fingerprint density at radius 1 is 0.700 bits per heavy atom. The fourth-order valence-corrected chi connectivity index (χ4v) is 12.8. The molecule has 3 nitrogen and oxygen atoms in total. The van der Waals surface area contributed by atoms with Crippen LogP contribution in [0.15, 0.2) is 178 Å². The lowest BCUT2D eigenvalue weighted by Crippen LogP contribution is -2.26. The Kier molecular flexibility index (Phi) is 11.9. The number of hydrogen-bond acceptors (Lipinski definition) is 2. The summed E-state index contributed by atoms with van der Waals surface area (Å²) in [5.74, 6) is 3.91. The molecule has 0 spiro atoms. The molecule has 1 fully saturated rings. The zero-order valence-electron chi connectivity index (χ0n) is 41.1. The summed E-state index contributed by atoms with van der Waals surface area (Å²) in [5.41, 5.74) is 25.3. The second-order valence-corrected chi connectivity index (χ2v) is 21.1. The van der Waals surface area contributed by atoms with E-state index in [9.17, 15) is 0 Å². The van der Waals surface area contributed by atoms with Gasteiger partial charge in [0.1, 0.15) is 17.4 Å². The average molecular weight is 913 g/mol. The Hall–Kier alpha value is -6.93. The van der Waals surface area contributed by atoms with Gasteiger partial charge in [-0.1, -0.05) is 191 Å². The number of amidine groups is 1. The Bertz CT molecular complexity index is 3440. The molecular weight excluding hydrogens is 849 g/mol. The van der Waals surface area contributed by atoms with Crippen LogP contribution in [0.25, 0.3) is 55.6 Å². The number of aliphatic imine (C=N–C) groups is 1. The summed E-state index contributed by atoms with van der Waals surface area (Å²) in [7, 11) is 0. The fraction of sp³-hybridized carbons (Fsp3) is 0.284. The first-order chi connectivity index (χ1) is 34.3. The molecular formula is C67H64N2O. The number of fused-ring (bicyclic) bond motifs is 9. The van der Waals surface area contributed by atoms with Gasteiger partial charge in [-0.15, -0.1) is 0 Å². The van der Waals surface area contributed by atoms with E-state index in [1.165, 1.54) is 102 Å². The van der Waals surface area contributed by atoms with E-state index in [1.54, 1.807) is 0 Å². The van der Waals surface area contributed by atoms with Crippen LogP contribution in [0.1, 0.15) is 146 Å². The van der Waals surface area contributed by atoms with Gasteiger partial charge in [-0.05, 0) is 158 Å². The Labute approximate surface area is 414 Å². The van der Waals surface area contributed by atoms with Gasteiger partial charge in [-0.3, -0.25) is 0 Å². The predicted octanol–water partition coefficient (Wildman–Crippen LogP) is 17.5. The molecule has 348 valence electrons. The van der Waals surface area contributed by atoms with Gasteiger partial charge in [-0.25, -0.2) is 4.99 Å². The standard InChI is InChI=1S/C67H64N2O/c1-42(44(3)45-25-27-47(28-26-45)46-15-6-4-7-16-46)38-62(69-67(68)52-19-8-5-9-20-52)58-23-14-24-63-65(58)61-41-55(53-35-33-50-31-29-48-17-10-12-21-56(48)59(50)39-53)37-43(2)64(66(61)70-63)54-36-34-51-32-30-49-18-11-13-22-57(49)60(51)40-54/h4,6-7,10-11,13-18,22,24-36,39-40,43-44,52,55,58,64H,5,8-9,12,19-21,23,37,41H2,1-3H3,(H2,68,69)/t38?,43?,44-,55?,58?,64?/m1/s1. The number of hydrogen-bond donors (Lipinski definition) is 1. The summed E-state index contributed by atoms with van der Waals surface area (Å²) in [5, 5.41) is 7.88. The molecule has 0 radical (unpaired) electrons. The molecule has 0 bridgehead atoms. The van der Waals surface area contributed by atoms with Crippen LogP contribution < -0.4 is 5.73 Å². The summed E-state index contributed by atoms with van der Waals surface area (Å²) >= 11 is 0. The van der Waals surface area contributed by atoms with Crippen LogP contribution in [-0.4, -0.2) is 5.84 Å². The number of furan rings is 1. The number of aryl methyl sites for hydroxylation is 1. The van der Waals surface area contributed by atoms with Crippen molar-refractivity contribution in [2.45, 2.75) is 109 Å². The lowest BCUT2D eigenvalue weighted by atomic mass is 9.79. The van der Waals surface area contributed by atoms with Crippen molar-refractivity contribution in [3.8, 4) is 11.1 Å². The second-order valence-electron chi connectivity index (χ2n) is 21.1. The van der Waals surface area contributed by atoms with Gasteiger partial charge < -0.3 is 10.2 Å². The van der Waals surface area contributed by atoms with Gasteiger partial charge >= 0.3 is 0 Å². The van der Waals surface area contributed by atoms with Crippen molar-refractivity contribution in [2.75, 3.05) is 0 Å². The highest BCUT2D eigenvalue weighted by Gasteiger charge is 2.40. The van der Waals surface area contributed by atoms with Crippen molar-refractivity contribution in [1.29, 1.82) is 0 Å². The lowest BCUT2D eigenvalue weighted by molar-refractivity contribution is 0.386. The molecule has 1 saturated carbocycles. The van der Waals surface area contributed by atoms with E-state index in [-0.39, 0.29) is 17.8 Å². The smallest absolute Gasteiger partial charge is 0.130 e. The molecule has 1 aromatic heterocycles. The summed E-state index contributed by atoms with van der Waals surface area (Å²) in [6.45, 7) is 7.02. The van der Waals surface area contributed by atoms with Gasteiger partial charge in [0.05, 0.1) is 5.70 Å². The zero-order chi connectivity index (χ0) is 47.3. The maximum absolute atomic E-state index is 7.42. The second kappa shape index (κ2) is 18.8. The van der Waals surface area contributed by atoms with Crippen LogP contribution >= 0.6 is 0 Å². The van der Waals surface area contributed by atoms with E-state index in [4.69, 9.17) is 15.1 Å². The third kappa shape index (κ3) is 8.29. The Morgan fingerprint density at radius 2 is 1.40 bits per heavy atom. The molecule has 1 heterocycles. The van der Waals surface area contributed by atoms with Crippen molar-refractivity contribution in [1.82, 2.24) is 0 Å². The van der Waals surface area contributed by atoms with Gasteiger partial charge in [0.2, 0.25) is 0 Å². The molecule has 8 aromatic rings. The minimum absolute atomic E-state index is 0.0529. The van der Waals surface area contributed by atoms with Crippen molar-refractivity contribution >= 4 is 50.3 Å². The third-order valence-electron chi connectivity index (χ3n) is 16.8. The van der Waals surface area contributed by atoms with E-state index in [0.29, 0.717) is 17.8 Å². The largest absolute Gasteiger partial charge is 0.460 e. The Balaban J connectivity index is 1.02. The van der Waals surface area contributed by atoms with E-state index < -0.39 is 0 Å². The van der Waals surface area contributed by atoms with E-state index in [2.05, 4.69) is 190 Å². The van der Waals surface area contributed by atoms with Crippen LogP contribution in [-0.2, 0) is 12.8 Å². The lowest BCUT2D eigenvalue weighted by Gasteiger charge is -2.25. The topological polar surface area (TPSA) is 51.5 Å². The van der Waals surface area contributed by atoms with Crippen LogP contribution in [0, 0.1) is 11.8 Å². The van der Waals surface area contributed by atoms with Crippen LogP contribution in [0.5, 0.6) is 0 Å². The van der Waals surface area contributed by atoms with Crippen molar-refractivity contribution in [3.05, 3.63) is 219 Å². The van der Waals surface area contributed by atoms with Crippen LogP contribution in [0.4, 0.5) is 0 Å². The number of allylic oxidation sites excluding steroid dienone is 3. The minimum atomic E-state index is -0.0529. The minimum Gasteiger partial charge on any atom is -0.460 e. The van der Waals surface area contributed by atoms with Crippen molar-refractivity contribution < 1.29 is 4.42 Å². The molecule has 12 rings (SSSR count). The van der Waals surface area contributed by atoms with Crippen LogP contribution in [0.2, 0.25) is 0 Å². The van der Waals surface area contributed by atoms with E-state index >= 15 is 0 Å².